The Bertz CT molecular complexity index is 756. The van der Waals surface area contributed by atoms with E-state index in [-0.39, 0.29) is 22.5 Å². The van der Waals surface area contributed by atoms with Crippen LogP contribution in [0.25, 0.3) is 0 Å². The molecule has 8 nitrogen and oxygen atoms in total. The summed E-state index contributed by atoms with van der Waals surface area (Å²) in [4.78, 5) is 32.5. The summed E-state index contributed by atoms with van der Waals surface area (Å²) in [5.41, 5.74) is 0.557. The molecule has 0 heterocycles. The SMILES string of the molecule is Cc1c(C(=O)Nc2ccc([N+](=O)[O-])cc2)cccc1[N+](=O)[O-]. The molecule has 0 saturated carbocycles. The number of hydrogen-bond donors (Lipinski definition) is 1. The maximum absolute atomic E-state index is 12.2. The van der Waals surface area contributed by atoms with Gasteiger partial charge in [0.05, 0.1) is 9.85 Å². The topological polar surface area (TPSA) is 115 Å². The van der Waals surface area contributed by atoms with Crippen molar-refractivity contribution >= 4 is 23.0 Å². The summed E-state index contributed by atoms with van der Waals surface area (Å²) < 4.78 is 0. The van der Waals surface area contributed by atoms with Crippen LogP contribution in [0.2, 0.25) is 0 Å². The van der Waals surface area contributed by atoms with E-state index in [0.29, 0.717) is 5.69 Å². The fraction of sp³-hybridized carbons (Fsp3) is 0.0714. The minimum absolute atomic E-state index is 0.0930. The number of nitrogens with one attached hydrogen (secondary N) is 1. The summed E-state index contributed by atoms with van der Waals surface area (Å²) >= 11 is 0. The lowest BCUT2D eigenvalue weighted by Crippen LogP contribution is -2.14. The van der Waals surface area contributed by atoms with Crippen molar-refractivity contribution in [2.75, 3.05) is 5.32 Å². The van der Waals surface area contributed by atoms with Crippen LogP contribution in [-0.2, 0) is 0 Å². The highest BCUT2D eigenvalue weighted by Crippen LogP contribution is 2.22. The first-order valence-electron chi connectivity index (χ1n) is 6.20. The zero-order chi connectivity index (χ0) is 16.3. The van der Waals surface area contributed by atoms with Gasteiger partial charge in [0, 0.05) is 35.0 Å². The van der Waals surface area contributed by atoms with Crippen molar-refractivity contribution in [3.05, 3.63) is 73.8 Å². The van der Waals surface area contributed by atoms with Gasteiger partial charge in [-0.05, 0) is 25.1 Å². The highest BCUT2D eigenvalue weighted by molar-refractivity contribution is 6.05. The van der Waals surface area contributed by atoms with E-state index in [1.54, 1.807) is 0 Å². The standard InChI is InChI=1S/C14H11N3O5/c1-9-12(3-2-4-13(9)17(21)22)14(18)15-10-5-7-11(8-6-10)16(19)20/h2-8H,1H3,(H,15,18). The third-order valence-corrected chi connectivity index (χ3v) is 3.08. The van der Waals surface area contributed by atoms with Crippen molar-refractivity contribution in [1.29, 1.82) is 0 Å². The third-order valence-electron chi connectivity index (χ3n) is 3.08. The Kier molecular flexibility index (Phi) is 4.12. The summed E-state index contributed by atoms with van der Waals surface area (Å²) in [5.74, 6) is -0.518. The fourth-order valence-corrected chi connectivity index (χ4v) is 1.93. The van der Waals surface area contributed by atoms with E-state index in [4.69, 9.17) is 0 Å². The van der Waals surface area contributed by atoms with Gasteiger partial charge >= 0.3 is 0 Å². The zero-order valence-corrected chi connectivity index (χ0v) is 11.5. The molecule has 0 aromatic heterocycles. The number of nitro groups is 2. The average molecular weight is 301 g/mol. The number of benzene rings is 2. The molecule has 2 aromatic carbocycles. The van der Waals surface area contributed by atoms with E-state index in [1.165, 1.54) is 49.4 Å². The summed E-state index contributed by atoms with van der Waals surface area (Å²) in [5, 5.41) is 24.0. The van der Waals surface area contributed by atoms with Crippen LogP contribution < -0.4 is 5.32 Å². The molecule has 0 aliphatic carbocycles. The molecule has 112 valence electrons. The smallest absolute Gasteiger partial charge is 0.273 e. The number of hydrogen-bond acceptors (Lipinski definition) is 5. The lowest BCUT2D eigenvalue weighted by atomic mass is 10.1. The molecular weight excluding hydrogens is 290 g/mol. The highest BCUT2D eigenvalue weighted by atomic mass is 16.6. The van der Waals surface area contributed by atoms with Crippen molar-refractivity contribution in [3.63, 3.8) is 0 Å². The molecule has 22 heavy (non-hydrogen) atoms. The summed E-state index contributed by atoms with van der Waals surface area (Å²) in [6.45, 7) is 1.49. The predicted octanol–water partition coefficient (Wildman–Crippen LogP) is 3.06. The van der Waals surface area contributed by atoms with Crippen LogP contribution in [0.15, 0.2) is 42.5 Å². The van der Waals surface area contributed by atoms with E-state index >= 15 is 0 Å². The Balaban J connectivity index is 2.24. The number of carbonyl (C=O) groups excluding carboxylic acids is 1. The Hall–Kier alpha value is -3.29. The third kappa shape index (κ3) is 3.06. The summed E-state index contributed by atoms with van der Waals surface area (Å²) in [6, 6.07) is 9.52. The van der Waals surface area contributed by atoms with Crippen molar-refractivity contribution in [3.8, 4) is 0 Å². The molecule has 0 bridgehead atoms. The maximum Gasteiger partial charge on any atom is 0.273 e. The van der Waals surface area contributed by atoms with Gasteiger partial charge < -0.3 is 5.32 Å². The molecule has 0 aliphatic heterocycles. The van der Waals surface area contributed by atoms with Gasteiger partial charge in [-0.2, -0.15) is 0 Å². The molecule has 0 fully saturated rings. The van der Waals surface area contributed by atoms with E-state index in [2.05, 4.69) is 5.32 Å². The molecule has 2 aromatic rings. The second-order valence-corrected chi connectivity index (χ2v) is 4.46. The number of rotatable bonds is 4. The largest absolute Gasteiger partial charge is 0.322 e. The number of anilines is 1. The highest BCUT2D eigenvalue weighted by Gasteiger charge is 2.18. The zero-order valence-electron chi connectivity index (χ0n) is 11.5. The van der Waals surface area contributed by atoms with Crippen LogP contribution in [0.1, 0.15) is 15.9 Å². The lowest BCUT2D eigenvalue weighted by molar-refractivity contribution is -0.385. The Morgan fingerprint density at radius 2 is 1.64 bits per heavy atom. The van der Waals surface area contributed by atoms with Crippen LogP contribution in [-0.4, -0.2) is 15.8 Å². The number of amides is 1. The number of non-ortho nitro benzene ring substituents is 1. The van der Waals surface area contributed by atoms with Crippen molar-refractivity contribution < 1.29 is 14.6 Å². The molecule has 8 heteroatoms. The van der Waals surface area contributed by atoms with E-state index in [1.807, 2.05) is 0 Å². The number of nitro benzene ring substituents is 2. The first-order valence-corrected chi connectivity index (χ1v) is 6.20. The molecule has 0 atom stereocenters. The van der Waals surface area contributed by atoms with Gasteiger partial charge in [-0.3, -0.25) is 25.0 Å². The second kappa shape index (κ2) is 6.00. The molecule has 1 amide bonds. The van der Waals surface area contributed by atoms with E-state index in [9.17, 15) is 25.0 Å². The van der Waals surface area contributed by atoms with Gasteiger partial charge in [-0.25, -0.2) is 0 Å². The quantitative estimate of drug-likeness (QED) is 0.688. The van der Waals surface area contributed by atoms with Crippen molar-refractivity contribution in [1.82, 2.24) is 0 Å². The van der Waals surface area contributed by atoms with Crippen LogP contribution in [0.4, 0.5) is 17.1 Å². The second-order valence-electron chi connectivity index (χ2n) is 4.46. The monoisotopic (exact) mass is 301 g/mol. The molecule has 2 rings (SSSR count). The summed E-state index contributed by atoms with van der Waals surface area (Å²) in [7, 11) is 0. The lowest BCUT2D eigenvalue weighted by Gasteiger charge is -2.07. The Morgan fingerprint density at radius 1 is 1.00 bits per heavy atom. The van der Waals surface area contributed by atoms with Crippen LogP contribution in [0, 0.1) is 27.2 Å². The molecule has 1 N–H and O–H groups in total. The van der Waals surface area contributed by atoms with Crippen LogP contribution in [0.3, 0.4) is 0 Å². The predicted molar refractivity (Wildman–Crippen MR) is 78.9 cm³/mol. The van der Waals surface area contributed by atoms with Crippen LogP contribution in [0.5, 0.6) is 0 Å². The van der Waals surface area contributed by atoms with Gasteiger partial charge in [-0.1, -0.05) is 6.07 Å². The van der Waals surface area contributed by atoms with Gasteiger partial charge in [-0.15, -0.1) is 0 Å². The molecule has 0 spiro atoms. The van der Waals surface area contributed by atoms with Crippen molar-refractivity contribution in [2.45, 2.75) is 6.92 Å². The normalized spacial score (nSPS) is 10.0. The maximum atomic E-state index is 12.2. The minimum Gasteiger partial charge on any atom is -0.322 e. The Morgan fingerprint density at radius 3 is 2.18 bits per heavy atom. The molecule has 0 aliphatic rings. The Labute approximate surface area is 124 Å². The van der Waals surface area contributed by atoms with Gasteiger partial charge in [0.1, 0.15) is 0 Å². The van der Waals surface area contributed by atoms with Gasteiger partial charge in [0.15, 0.2) is 0 Å². The first kappa shape index (κ1) is 15.1. The van der Waals surface area contributed by atoms with Gasteiger partial charge in [0.25, 0.3) is 17.3 Å². The first-order chi connectivity index (χ1) is 10.4. The molecule has 0 saturated heterocycles. The molecule has 0 radical (unpaired) electrons. The fourth-order valence-electron chi connectivity index (χ4n) is 1.93. The number of carbonyl (C=O) groups is 1. The van der Waals surface area contributed by atoms with Crippen molar-refractivity contribution in [2.24, 2.45) is 0 Å². The van der Waals surface area contributed by atoms with Gasteiger partial charge in [0.2, 0.25) is 0 Å². The van der Waals surface area contributed by atoms with E-state index in [0.717, 1.165) is 0 Å². The number of nitrogens with zero attached hydrogens (tertiary/aromatic N) is 2. The summed E-state index contributed by atoms with van der Waals surface area (Å²) in [6.07, 6.45) is 0. The van der Waals surface area contributed by atoms with E-state index < -0.39 is 15.8 Å². The van der Waals surface area contributed by atoms with Crippen LogP contribution >= 0.6 is 0 Å². The molecule has 0 unspecified atom stereocenters. The minimum atomic E-state index is -0.558. The molecular formula is C14H11N3O5. The average Bonchev–Trinajstić information content (AvgIpc) is 2.47.